The van der Waals surface area contributed by atoms with Crippen molar-refractivity contribution in [1.29, 1.82) is 0 Å². The van der Waals surface area contributed by atoms with Crippen LogP contribution in [0.4, 0.5) is 0 Å². The van der Waals surface area contributed by atoms with Crippen molar-refractivity contribution in [2.75, 3.05) is 0 Å². The summed E-state index contributed by atoms with van der Waals surface area (Å²) in [4.78, 5) is 10.6. The number of carboxylic acids is 1. The predicted octanol–water partition coefficient (Wildman–Crippen LogP) is 0.902. The zero-order valence-electron chi connectivity index (χ0n) is 8.55. The van der Waals surface area contributed by atoms with Crippen molar-refractivity contribution in [3.63, 3.8) is 0 Å². The fourth-order valence-corrected chi connectivity index (χ4v) is 1.42. The molecule has 3 N–H and O–H groups in total. The molecule has 0 saturated carbocycles. The molecule has 15 heavy (non-hydrogen) atoms. The Hall–Kier alpha value is -1.33. The number of hydrogen-bond acceptors (Lipinski definition) is 3. The minimum atomic E-state index is -0.892. The number of carbonyl (C=O) groups is 1. The van der Waals surface area contributed by atoms with E-state index in [1.54, 1.807) is 6.82 Å². The second-order valence-corrected chi connectivity index (χ2v) is 3.40. The van der Waals surface area contributed by atoms with Crippen LogP contribution in [0.1, 0.15) is 18.0 Å². The van der Waals surface area contributed by atoms with E-state index in [0.717, 1.165) is 5.56 Å². The Labute approximate surface area is 89.1 Å². The van der Waals surface area contributed by atoms with Gasteiger partial charge in [-0.15, -0.1) is 0 Å². The molecule has 0 bridgehead atoms. The lowest BCUT2D eigenvalue weighted by Gasteiger charge is -2.17. The van der Waals surface area contributed by atoms with E-state index in [2.05, 4.69) is 5.23 Å². The molecule has 0 aliphatic rings. The third kappa shape index (κ3) is 4.14. The van der Waals surface area contributed by atoms with Crippen LogP contribution in [-0.4, -0.2) is 23.2 Å². The Morgan fingerprint density at radius 1 is 1.47 bits per heavy atom. The fraction of sp³-hybridized carbons (Fsp3) is 0.300. The highest BCUT2D eigenvalue weighted by atomic mass is 16.4. The third-order valence-corrected chi connectivity index (χ3v) is 2.02. The Kier molecular flexibility index (Phi) is 4.33. The van der Waals surface area contributed by atoms with Gasteiger partial charge in [0.1, 0.15) is 0 Å². The SMILES string of the molecule is CB(O)NC(CC(=O)O)c1ccccc1. The van der Waals surface area contributed by atoms with Gasteiger partial charge in [-0.2, -0.15) is 0 Å². The van der Waals surface area contributed by atoms with E-state index in [4.69, 9.17) is 5.11 Å². The van der Waals surface area contributed by atoms with Crippen LogP contribution >= 0.6 is 0 Å². The average molecular weight is 207 g/mol. The van der Waals surface area contributed by atoms with Crippen LogP contribution in [0.3, 0.4) is 0 Å². The second kappa shape index (κ2) is 5.53. The first-order valence-electron chi connectivity index (χ1n) is 4.80. The van der Waals surface area contributed by atoms with Crippen molar-refractivity contribution in [1.82, 2.24) is 5.23 Å². The maximum Gasteiger partial charge on any atom is 0.374 e. The third-order valence-electron chi connectivity index (χ3n) is 2.02. The maximum absolute atomic E-state index is 10.6. The summed E-state index contributed by atoms with van der Waals surface area (Å²) in [6.45, 7) is 1.57. The van der Waals surface area contributed by atoms with Crippen LogP contribution in [0.15, 0.2) is 30.3 Å². The standard InChI is InChI=1S/C10H14BNO3/c1-11(15)12-9(7-10(13)14)8-5-3-2-4-6-8/h2-6,9,12,15H,7H2,1H3,(H,13,14). The van der Waals surface area contributed by atoms with Crippen molar-refractivity contribution in [2.45, 2.75) is 19.3 Å². The summed E-state index contributed by atoms with van der Waals surface area (Å²) in [6.07, 6.45) is -0.0467. The lowest BCUT2D eigenvalue weighted by Crippen LogP contribution is -2.35. The Morgan fingerprint density at radius 2 is 2.07 bits per heavy atom. The van der Waals surface area contributed by atoms with Crippen molar-refractivity contribution in [2.24, 2.45) is 0 Å². The summed E-state index contributed by atoms with van der Waals surface area (Å²) < 4.78 is 0. The molecule has 0 aliphatic carbocycles. The topological polar surface area (TPSA) is 69.6 Å². The molecule has 80 valence electrons. The Balaban J connectivity index is 2.76. The highest BCUT2D eigenvalue weighted by Gasteiger charge is 2.17. The molecule has 5 heteroatoms. The van der Waals surface area contributed by atoms with Crippen molar-refractivity contribution < 1.29 is 14.9 Å². The van der Waals surface area contributed by atoms with E-state index in [1.165, 1.54) is 0 Å². The molecule has 0 aliphatic heterocycles. The van der Waals surface area contributed by atoms with Gasteiger partial charge in [0.25, 0.3) is 0 Å². The minimum Gasteiger partial charge on any atom is -0.481 e. The molecule has 0 amide bonds. The molecule has 0 radical (unpaired) electrons. The Morgan fingerprint density at radius 3 is 2.53 bits per heavy atom. The molecule has 0 saturated heterocycles. The quantitative estimate of drug-likeness (QED) is 0.627. The lowest BCUT2D eigenvalue weighted by atomic mass is 9.85. The number of benzene rings is 1. The van der Waals surface area contributed by atoms with E-state index >= 15 is 0 Å². The first-order valence-corrected chi connectivity index (χ1v) is 4.80. The van der Waals surface area contributed by atoms with Gasteiger partial charge in [-0.3, -0.25) is 4.79 Å². The van der Waals surface area contributed by atoms with Crippen molar-refractivity contribution in [3.05, 3.63) is 35.9 Å². The molecule has 1 aromatic carbocycles. The minimum absolute atomic E-state index is 0.0467. The molecular formula is C10H14BNO3. The van der Waals surface area contributed by atoms with Gasteiger partial charge in [-0.05, 0) is 12.4 Å². The normalized spacial score (nSPS) is 12.1. The van der Waals surface area contributed by atoms with Gasteiger partial charge in [-0.25, -0.2) is 0 Å². The maximum atomic E-state index is 10.6. The van der Waals surface area contributed by atoms with Gasteiger partial charge in [0, 0.05) is 6.04 Å². The molecule has 0 fully saturated rings. The number of carboxylic acid groups (broad SMARTS) is 1. The molecule has 1 rings (SSSR count). The molecule has 1 aromatic rings. The largest absolute Gasteiger partial charge is 0.481 e. The summed E-state index contributed by atoms with van der Waals surface area (Å²) >= 11 is 0. The smallest absolute Gasteiger partial charge is 0.374 e. The van der Waals surface area contributed by atoms with Crippen LogP contribution in [0, 0.1) is 0 Å². The number of aliphatic carboxylic acids is 1. The van der Waals surface area contributed by atoms with E-state index in [0.29, 0.717) is 0 Å². The van der Waals surface area contributed by atoms with Gasteiger partial charge in [0.15, 0.2) is 0 Å². The second-order valence-electron chi connectivity index (χ2n) is 3.40. The van der Waals surface area contributed by atoms with Crippen molar-refractivity contribution >= 4 is 13.0 Å². The summed E-state index contributed by atoms with van der Waals surface area (Å²) in [5.41, 5.74) is 0.862. The molecule has 1 unspecified atom stereocenters. The predicted molar refractivity (Wildman–Crippen MR) is 58.4 cm³/mol. The fourth-order valence-electron chi connectivity index (χ4n) is 1.42. The van der Waals surface area contributed by atoms with E-state index in [-0.39, 0.29) is 12.5 Å². The van der Waals surface area contributed by atoms with Gasteiger partial charge in [0.05, 0.1) is 6.42 Å². The molecule has 0 spiro atoms. The number of hydrogen-bond donors (Lipinski definition) is 3. The molecule has 0 aromatic heterocycles. The number of rotatable bonds is 5. The van der Waals surface area contributed by atoms with Gasteiger partial charge >= 0.3 is 13.0 Å². The number of nitrogens with one attached hydrogen (secondary N) is 1. The summed E-state index contributed by atoms with van der Waals surface area (Å²) in [5.74, 6) is -0.892. The summed E-state index contributed by atoms with van der Waals surface area (Å²) in [5, 5.41) is 20.7. The summed E-state index contributed by atoms with van der Waals surface area (Å²) in [6, 6.07) is 8.86. The van der Waals surface area contributed by atoms with E-state index < -0.39 is 13.0 Å². The first-order chi connectivity index (χ1) is 7.09. The molecule has 1 atom stereocenters. The highest BCUT2D eigenvalue weighted by molar-refractivity contribution is 6.45. The van der Waals surface area contributed by atoms with Gasteiger partial charge in [0.2, 0.25) is 0 Å². The monoisotopic (exact) mass is 207 g/mol. The highest BCUT2D eigenvalue weighted by Crippen LogP contribution is 2.16. The average Bonchev–Trinajstić information content (AvgIpc) is 2.17. The van der Waals surface area contributed by atoms with Crippen LogP contribution in [0.5, 0.6) is 0 Å². The Bertz CT molecular complexity index is 316. The van der Waals surface area contributed by atoms with Gasteiger partial charge in [-0.1, -0.05) is 30.3 Å². The molecule has 0 heterocycles. The van der Waals surface area contributed by atoms with Crippen LogP contribution in [-0.2, 0) is 4.79 Å². The summed E-state index contributed by atoms with van der Waals surface area (Å²) in [7, 11) is -0.727. The van der Waals surface area contributed by atoms with Gasteiger partial charge < -0.3 is 15.4 Å². The molecule has 4 nitrogen and oxygen atoms in total. The lowest BCUT2D eigenvalue weighted by molar-refractivity contribution is -0.137. The van der Waals surface area contributed by atoms with Crippen LogP contribution in [0.25, 0.3) is 0 Å². The van der Waals surface area contributed by atoms with Crippen LogP contribution in [0.2, 0.25) is 6.82 Å². The zero-order chi connectivity index (χ0) is 11.3. The first kappa shape index (κ1) is 11.7. The van der Waals surface area contributed by atoms with Crippen molar-refractivity contribution in [3.8, 4) is 0 Å². The zero-order valence-corrected chi connectivity index (χ0v) is 8.55. The van der Waals surface area contributed by atoms with Crippen LogP contribution < -0.4 is 5.23 Å². The van der Waals surface area contributed by atoms with E-state index in [9.17, 15) is 9.82 Å². The molecular weight excluding hydrogens is 193 g/mol. The van der Waals surface area contributed by atoms with E-state index in [1.807, 2.05) is 30.3 Å².